The number of hydrogen-bond acceptors (Lipinski definition) is 2. The van der Waals surface area contributed by atoms with Gasteiger partial charge in [0, 0.05) is 43.3 Å². The molecule has 0 radical (unpaired) electrons. The second-order valence-corrected chi connectivity index (χ2v) is 5.90. The van der Waals surface area contributed by atoms with Gasteiger partial charge in [0.25, 0.3) is 5.91 Å². The number of halogens is 1. The molecule has 1 aromatic carbocycles. The van der Waals surface area contributed by atoms with Crippen molar-refractivity contribution in [2.24, 2.45) is 0 Å². The van der Waals surface area contributed by atoms with Crippen LogP contribution in [0.4, 0.5) is 5.69 Å². The van der Waals surface area contributed by atoms with Gasteiger partial charge in [0.05, 0.1) is 0 Å². The molecule has 0 saturated heterocycles. The lowest BCUT2D eigenvalue weighted by molar-refractivity contribution is 0.0683. The number of carbonyl (C=O) groups excluding carboxylic acids is 1. The van der Waals surface area contributed by atoms with E-state index < -0.39 is 0 Å². The Balaban J connectivity index is 3.02. The maximum absolute atomic E-state index is 12.8. The molecule has 3 nitrogen and oxygen atoms in total. The average Bonchev–Trinajstić information content (AvgIpc) is 2.47. The minimum absolute atomic E-state index is 0.127. The highest BCUT2D eigenvalue weighted by molar-refractivity contribution is 9.09. The number of rotatable bonds is 7. The Labute approximate surface area is 131 Å². The van der Waals surface area contributed by atoms with Crippen LogP contribution in [0.1, 0.15) is 37.0 Å². The lowest BCUT2D eigenvalue weighted by Gasteiger charge is -2.30. The first-order valence-electron chi connectivity index (χ1n) is 7.19. The fraction of sp³-hybridized carbons (Fsp3) is 0.562. The molecule has 0 aromatic heterocycles. The Morgan fingerprint density at radius 2 is 1.90 bits per heavy atom. The van der Waals surface area contributed by atoms with Gasteiger partial charge >= 0.3 is 0 Å². The van der Waals surface area contributed by atoms with Gasteiger partial charge in [-0.1, -0.05) is 35.8 Å². The van der Waals surface area contributed by atoms with Crippen LogP contribution >= 0.6 is 15.9 Å². The third-order valence-electron chi connectivity index (χ3n) is 3.58. The van der Waals surface area contributed by atoms with Crippen LogP contribution in [-0.2, 0) is 0 Å². The van der Waals surface area contributed by atoms with E-state index in [4.69, 9.17) is 0 Å². The predicted molar refractivity (Wildman–Crippen MR) is 90.0 cm³/mol. The predicted octanol–water partition coefficient (Wildman–Crippen LogP) is 3.78. The molecule has 0 aliphatic carbocycles. The van der Waals surface area contributed by atoms with Crippen LogP contribution in [0.25, 0.3) is 0 Å². The molecule has 0 unspecified atom stereocenters. The van der Waals surface area contributed by atoms with Crippen LogP contribution in [0.2, 0.25) is 0 Å². The van der Waals surface area contributed by atoms with E-state index in [1.165, 1.54) is 0 Å². The van der Waals surface area contributed by atoms with Gasteiger partial charge in [0.1, 0.15) is 0 Å². The molecule has 0 aliphatic heterocycles. The average molecular weight is 341 g/mol. The molecule has 0 bridgehead atoms. The Hall–Kier alpha value is -1.03. The highest BCUT2D eigenvalue weighted by Gasteiger charge is 2.22. The third-order valence-corrected chi connectivity index (χ3v) is 3.93. The van der Waals surface area contributed by atoms with Crippen molar-refractivity contribution in [2.45, 2.75) is 32.7 Å². The van der Waals surface area contributed by atoms with Gasteiger partial charge in [-0.25, -0.2) is 0 Å². The number of hydrogen-bond donors (Lipinski definition) is 0. The minimum Gasteiger partial charge on any atom is -0.378 e. The number of alkyl halides is 1. The van der Waals surface area contributed by atoms with Crippen molar-refractivity contribution < 1.29 is 4.79 Å². The summed E-state index contributed by atoms with van der Waals surface area (Å²) in [5, 5.41) is 0.808. The van der Waals surface area contributed by atoms with Crippen molar-refractivity contribution in [1.82, 2.24) is 4.90 Å². The van der Waals surface area contributed by atoms with Gasteiger partial charge in [-0.15, -0.1) is 0 Å². The summed E-state index contributed by atoms with van der Waals surface area (Å²) in [6.07, 6.45) is 1.98. The molecule has 0 fully saturated rings. The van der Waals surface area contributed by atoms with Crippen LogP contribution in [-0.4, -0.2) is 42.8 Å². The fourth-order valence-electron chi connectivity index (χ4n) is 2.35. The normalized spacial score (nSPS) is 10.7. The zero-order chi connectivity index (χ0) is 15.1. The maximum Gasteiger partial charge on any atom is 0.254 e. The zero-order valence-corrected chi connectivity index (χ0v) is 14.5. The molecule has 1 amide bonds. The van der Waals surface area contributed by atoms with E-state index in [2.05, 4.69) is 29.8 Å². The van der Waals surface area contributed by atoms with E-state index in [0.717, 1.165) is 36.0 Å². The van der Waals surface area contributed by atoms with Gasteiger partial charge in [-0.05, 0) is 31.0 Å². The smallest absolute Gasteiger partial charge is 0.254 e. The quantitative estimate of drug-likeness (QED) is 0.705. The lowest BCUT2D eigenvalue weighted by Crippen LogP contribution is -2.41. The minimum atomic E-state index is 0.127. The van der Waals surface area contributed by atoms with Gasteiger partial charge < -0.3 is 9.80 Å². The van der Waals surface area contributed by atoms with E-state index in [1.807, 2.05) is 48.2 Å². The third kappa shape index (κ3) is 4.23. The first-order chi connectivity index (χ1) is 9.54. The zero-order valence-electron chi connectivity index (χ0n) is 12.9. The van der Waals surface area contributed by atoms with E-state index in [1.54, 1.807) is 0 Å². The van der Waals surface area contributed by atoms with Crippen LogP contribution in [0, 0.1) is 0 Å². The Bertz CT molecular complexity index is 430. The summed E-state index contributed by atoms with van der Waals surface area (Å²) in [6.45, 7) is 5.02. The van der Waals surface area contributed by atoms with Gasteiger partial charge in [0.2, 0.25) is 0 Å². The molecule has 112 valence electrons. The SMILES string of the molecule is CCC(CC)N(CCBr)C(=O)c1cccc(N(C)C)c1. The second-order valence-electron chi connectivity index (χ2n) is 5.10. The standard InChI is InChI=1S/C16H25BrN2O/c1-5-14(6-2)19(11-10-17)16(20)13-8-7-9-15(12-13)18(3)4/h7-9,12,14H,5-6,10-11H2,1-4H3. The monoisotopic (exact) mass is 340 g/mol. The summed E-state index contributed by atoms with van der Waals surface area (Å²) >= 11 is 3.45. The summed E-state index contributed by atoms with van der Waals surface area (Å²) < 4.78 is 0. The molecule has 0 aliphatic rings. The van der Waals surface area contributed by atoms with Gasteiger partial charge in [-0.3, -0.25) is 4.79 Å². The van der Waals surface area contributed by atoms with Crippen molar-refractivity contribution >= 4 is 27.5 Å². The number of nitrogens with zero attached hydrogens (tertiary/aromatic N) is 2. The lowest BCUT2D eigenvalue weighted by atomic mass is 10.1. The summed E-state index contributed by atoms with van der Waals surface area (Å²) in [6, 6.07) is 8.14. The van der Waals surface area contributed by atoms with E-state index in [0.29, 0.717) is 6.04 Å². The van der Waals surface area contributed by atoms with E-state index in [9.17, 15) is 4.79 Å². The van der Waals surface area contributed by atoms with Crippen molar-refractivity contribution in [3.63, 3.8) is 0 Å². The topological polar surface area (TPSA) is 23.6 Å². The van der Waals surface area contributed by atoms with Crippen LogP contribution < -0.4 is 4.90 Å². The maximum atomic E-state index is 12.8. The molecular formula is C16H25BrN2O. The van der Waals surface area contributed by atoms with Crippen molar-refractivity contribution in [1.29, 1.82) is 0 Å². The number of carbonyl (C=O) groups is 1. The number of amides is 1. The first-order valence-corrected chi connectivity index (χ1v) is 8.31. The molecular weight excluding hydrogens is 316 g/mol. The highest BCUT2D eigenvalue weighted by Crippen LogP contribution is 2.18. The molecule has 0 heterocycles. The van der Waals surface area contributed by atoms with Crippen LogP contribution in [0.5, 0.6) is 0 Å². The molecule has 0 spiro atoms. The largest absolute Gasteiger partial charge is 0.378 e. The fourth-order valence-corrected chi connectivity index (χ4v) is 2.74. The molecule has 4 heteroatoms. The Morgan fingerprint density at radius 3 is 2.40 bits per heavy atom. The Kier molecular flexibility index (Phi) is 7.06. The van der Waals surface area contributed by atoms with Gasteiger partial charge in [0.15, 0.2) is 0 Å². The van der Waals surface area contributed by atoms with Crippen molar-refractivity contribution in [3.8, 4) is 0 Å². The van der Waals surface area contributed by atoms with Gasteiger partial charge in [-0.2, -0.15) is 0 Å². The number of benzene rings is 1. The highest BCUT2D eigenvalue weighted by atomic mass is 79.9. The molecule has 1 aromatic rings. The number of anilines is 1. The molecule has 0 N–H and O–H groups in total. The van der Waals surface area contributed by atoms with Crippen molar-refractivity contribution in [3.05, 3.63) is 29.8 Å². The molecule has 1 rings (SSSR count). The second kappa shape index (κ2) is 8.30. The van der Waals surface area contributed by atoms with Crippen LogP contribution in [0.15, 0.2) is 24.3 Å². The summed E-state index contributed by atoms with van der Waals surface area (Å²) in [7, 11) is 3.97. The Morgan fingerprint density at radius 1 is 1.25 bits per heavy atom. The molecule has 0 atom stereocenters. The van der Waals surface area contributed by atoms with E-state index >= 15 is 0 Å². The summed E-state index contributed by atoms with van der Waals surface area (Å²) in [5.74, 6) is 0.127. The van der Waals surface area contributed by atoms with E-state index in [-0.39, 0.29) is 5.91 Å². The van der Waals surface area contributed by atoms with Crippen LogP contribution in [0.3, 0.4) is 0 Å². The molecule has 0 saturated carbocycles. The molecule has 20 heavy (non-hydrogen) atoms. The summed E-state index contributed by atoms with van der Waals surface area (Å²) in [5.41, 5.74) is 1.82. The summed E-state index contributed by atoms with van der Waals surface area (Å²) in [4.78, 5) is 16.8. The first kappa shape index (κ1) is 17.0. The van der Waals surface area contributed by atoms with Crippen molar-refractivity contribution in [2.75, 3.05) is 30.9 Å².